The lowest BCUT2D eigenvalue weighted by atomic mass is 9.90. The van der Waals surface area contributed by atoms with Crippen molar-refractivity contribution in [2.24, 2.45) is 0 Å². The van der Waals surface area contributed by atoms with Crippen molar-refractivity contribution >= 4 is 29.1 Å². The van der Waals surface area contributed by atoms with Gasteiger partial charge in [-0.2, -0.15) is 0 Å². The van der Waals surface area contributed by atoms with E-state index < -0.39 is 0 Å². The normalized spacial score (nSPS) is 14.3. The highest BCUT2D eigenvalue weighted by molar-refractivity contribution is 6.36. The molecule has 178 valence electrons. The number of phenolic OH excluding ortho intramolecular Hbond substituents is 1. The fourth-order valence-electron chi connectivity index (χ4n) is 4.23. The van der Waals surface area contributed by atoms with Gasteiger partial charge >= 0.3 is 0 Å². The van der Waals surface area contributed by atoms with E-state index in [4.69, 9.17) is 27.9 Å². The topological polar surface area (TPSA) is 49.8 Å². The third-order valence-electron chi connectivity index (χ3n) is 6.24. The van der Waals surface area contributed by atoms with Crippen LogP contribution in [-0.4, -0.2) is 35.6 Å². The summed E-state index contributed by atoms with van der Waals surface area (Å²) in [5.74, 6) is 0.147. The number of ether oxygens (including phenoxy) is 1. The SMILES string of the molecule is CC(c1ccc(F)cc1)c1cc(Cc2c(Cl)cc(OCC(=O)N3CCCC3)cc2Cl)ccc1O. The van der Waals surface area contributed by atoms with Gasteiger partial charge in [-0.1, -0.05) is 54.4 Å². The molecule has 3 aromatic rings. The molecule has 0 spiro atoms. The molecule has 3 aromatic carbocycles. The number of hydrogen-bond acceptors (Lipinski definition) is 3. The molecule has 1 unspecified atom stereocenters. The minimum atomic E-state index is -0.300. The Labute approximate surface area is 208 Å². The van der Waals surface area contributed by atoms with E-state index in [1.165, 1.54) is 12.1 Å². The number of rotatable bonds is 7. The van der Waals surface area contributed by atoms with Gasteiger partial charge in [0.25, 0.3) is 5.91 Å². The molecule has 4 rings (SSSR count). The maximum absolute atomic E-state index is 13.3. The molecule has 4 nitrogen and oxygen atoms in total. The van der Waals surface area contributed by atoms with Crippen LogP contribution in [0.1, 0.15) is 47.9 Å². The molecule has 1 saturated heterocycles. The van der Waals surface area contributed by atoms with Crippen molar-refractivity contribution in [2.75, 3.05) is 19.7 Å². The summed E-state index contributed by atoms with van der Waals surface area (Å²) in [5, 5.41) is 11.3. The Bertz CT molecular complexity index is 1150. The number of benzene rings is 3. The van der Waals surface area contributed by atoms with Crippen LogP contribution in [0, 0.1) is 5.82 Å². The van der Waals surface area contributed by atoms with Crippen molar-refractivity contribution in [3.8, 4) is 11.5 Å². The van der Waals surface area contributed by atoms with E-state index in [1.807, 2.05) is 19.1 Å². The van der Waals surface area contributed by atoms with Gasteiger partial charge in [0, 0.05) is 41.0 Å². The molecule has 1 amide bonds. The highest BCUT2D eigenvalue weighted by atomic mass is 35.5. The summed E-state index contributed by atoms with van der Waals surface area (Å²) in [6.07, 6.45) is 2.51. The van der Waals surface area contributed by atoms with E-state index in [0.29, 0.717) is 22.2 Å². The maximum Gasteiger partial charge on any atom is 0.260 e. The summed E-state index contributed by atoms with van der Waals surface area (Å²) in [7, 11) is 0. The molecule has 0 bridgehead atoms. The van der Waals surface area contributed by atoms with E-state index in [9.17, 15) is 14.3 Å². The minimum absolute atomic E-state index is 0.0410. The molecule has 1 fully saturated rings. The van der Waals surface area contributed by atoms with Gasteiger partial charge in [-0.15, -0.1) is 0 Å². The number of nitrogens with zero attached hydrogens (tertiary/aromatic N) is 1. The smallest absolute Gasteiger partial charge is 0.260 e. The Morgan fingerprint density at radius 3 is 2.35 bits per heavy atom. The van der Waals surface area contributed by atoms with Gasteiger partial charge in [0.2, 0.25) is 0 Å². The first-order valence-corrected chi connectivity index (χ1v) is 12.0. The monoisotopic (exact) mass is 501 g/mol. The molecule has 0 aliphatic carbocycles. The van der Waals surface area contributed by atoms with Gasteiger partial charge in [-0.3, -0.25) is 4.79 Å². The van der Waals surface area contributed by atoms with E-state index in [-0.39, 0.29) is 30.0 Å². The number of halogens is 3. The van der Waals surface area contributed by atoms with Crippen LogP contribution in [0.25, 0.3) is 0 Å². The molecule has 34 heavy (non-hydrogen) atoms. The van der Waals surface area contributed by atoms with Gasteiger partial charge in [0.1, 0.15) is 17.3 Å². The number of amides is 1. The summed E-state index contributed by atoms with van der Waals surface area (Å²) < 4.78 is 18.9. The number of carbonyl (C=O) groups excluding carboxylic acids is 1. The Kier molecular flexibility index (Phi) is 7.64. The first kappa shape index (κ1) is 24.4. The first-order chi connectivity index (χ1) is 16.3. The van der Waals surface area contributed by atoms with Crippen LogP contribution in [0.4, 0.5) is 4.39 Å². The summed E-state index contributed by atoms with van der Waals surface area (Å²) in [6.45, 7) is 3.46. The second kappa shape index (κ2) is 10.7. The highest BCUT2D eigenvalue weighted by Crippen LogP contribution is 2.35. The van der Waals surface area contributed by atoms with Gasteiger partial charge in [-0.25, -0.2) is 4.39 Å². The lowest BCUT2D eigenvalue weighted by molar-refractivity contribution is -0.132. The van der Waals surface area contributed by atoms with Crippen LogP contribution in [0.3, 0.4) is 0 Å². The zero-order chi connectivity index (χ0) is 24.2. The fourth-order valence-corrected chi connectivity index (χ4v) is 4.83. The molecule has 0 radical (unpaired) electrons. The Hall–Kier alpha value is -2.76. The van der Waals surface area contributed by atoms with Crippen LogP contribution < -0.4 is 4.74 Å². The number of phenols is 1. The van der Waals surface area contributed by atoms with Crippen molar-refractivity contribution in [1.29, 1.82) is 0 Å². The number of likely N-dealkylation sites (tertiary alicyclic amines) is 1. The van der Waals surface area contributed by atoms with Gasteiger partial charge in [0.05, 0.1) is 0 Å². The molecule has 1 aliphatic rings. The van der Waals surface area contributed by atoms with Crippen LogP contribution in [0.2, 0.25) is 10.0 Å². The van der Waals surface area contributed by atoms with Gasteiger partial charge in [0.15, 0.2) is 6.61 Å². The second-order valence-corrected chi connectivity index (χ2v) is 9.40. The predicted octanol–water partition coefficient (Wildman–Crippen LogP) is 6.58. The van der Waals surface area contributed by atoms with Crippen molar-refractivity contribution in [1.82, 2.24) is 4.90 Å². The summed E-state index contributed by atoms with van der Waals surface area (Å²) in [6, 6.07) is 15.0. The van der Waals surface area contributed by atoms with Crippen LogP contribution in [-0.2, 0) is 11.2 Å². The third-order valence-corrected chi connectivity index (χ3v) is 6.92. The average Bonchev–Trinajstić information content (AvgIpc) is 3.36. The summed E-state index contributed by atoms with van der Waals surface area (Å²) in [4.78, 5) is 14.0. The average molecular weight is 502 g/mol. The van der Waals surface area contributed by atoms with Crippen LogP contribution in [0.5, 0.6) is 11.5 Å². The molecule has 7 heteroatoms. The lowest BCUT2D eigenvalue weighted by Crippen LogP contribution is -2.32. The van der Waals surface area contributed by atoms with E-state index in [0.717, 1.165) is 48.2 Å². The highest BCUT2D eigenvalue weighted by Gasteiger charge is 2.19. The Morgan fingerprint density at radius 2 is 1.71 bits per heavy atom. The zero-order valence-electron chi connectivity index (χ0n) is 18.9. The molecule has 0 saturated carbocycles. The Morgan fingerprint density at radius 1 is 1.06 bits per heavy atom. The molecule has 1 heterocycles. The summed E-state index contributed by atoms with van der Waals surface area (Å²) >= 11 is 13.1. The number of hydrogen-bond donors (Lipinski definition) is 1. The predicted molar refractivity (Wildman–Crippen MR) is 133 cm³/mol. The number of carbonyl (C=O) groups is 1. The number of aromatic hydroxyl groups is 1. The standard InChI is InChI=1S/C27H26Cl2FNO3/c1-17(19-5-7-20(30)8-6-19)22-12-18(4-9-26(22)32)13-23-24(28)14-21(15-25(23)29)34-16-27(33)31-10-2-3-11-31/h4-9,12,14-15,17,32H,2-3,10-11,13,16H2,1H3. The first-order valence-electron chi connectivity index (χ1n) is 11.3. The molecule has 1 aliphatic heterocycles. The second-order valence-electron chi connectivity index (χ2n) is 8.59. The quantitative estimate of drug-likeness (QED) is 0.397. The van der Waals surface area contributed by atoms with Crippen LogP contribution >= 0.6 is 23.2 Å². The zero-order valence-corrected chi connectivity index (χ0v) is 20.4. The van der Waals surface area contributed by atoms with Crippen LogP contribution in [0.15, 0.2) is 54.6 Å². The van der Waals surface area contributed by atoms with E-state index >= 15 is 0 Å². The fraction of sp³-hybridized carbons (Fsp3) is 0.296. The molecule has 1 N–H and O–H groups in total. The Balaban J connectivity index is 1.49. The lowest BCUT2D eigenvalue weighted by Gasteiger charge is -2.17. The van der Waals surface area contributed by atoms with E-state index in [2.05, 4.69) is 0 Å². The molecule has 0 aromatic heterocycles. The maximum atomic E-state index is 13.3. The van der Waals surface area contributed by atoms with Crippen molar-refractivity contribution < 1.29 is 19.0 Å². The third kappa shape index (κ3) is 5.65. The van der Waals surface area contributed by atoms with Gasteiger partial charge < -0.3 is 14.7 Å². The molecular weight excluding hydrogens is 476 g/mol. The summed E-state index contributed by atoms with van der Waals surface area (Å²) in [5.41, 5.74) is 3.28. The minimum Gasteiger partial charge on any atom is -0.508 e. The largest absolute Gasteiger partial charge is 0.508 e. The van der Waals surface area contributed by atoms with Crippen molar-refractivity contribution in [3.05, 3.63) is 92.7 Å². The molecular formula is C27H26Cl2FNO3. The van der Waals surface area contributed by atoms with Crippen molar-refractivity contribution in [3.63, 3.8) is 0 Å². The van der Waals surface area contributed by atoms with E-state index in [1.54, 1.807) is 35.2 Å². The molecule has 1 atom stereocenters. The van der Waals surface area contributed by atoms with Crippen molar-refractivity contribution in [2.45, 2.75) is 32.1 Å². The van der Waals surface area contributed by atoms with Gasteiger partial charge in [-0.05, 0) is 59.9 Å².